The Hall–Kier alpha value is 0.0500. The standard InChI is InChI=1S/C10H18OS/c1-2-3-7-11-8-10(9-12)5-4-6-10/h2-3,12H,4-9H2,1H3. The number of thiol groups is 1. The Morgan fingerprint density at radius 2 is 2.25 bits per heavy atom. The molecule has 0 aliphatic heterocycles. The van der Waals surface area contributed by atoms with E-state index < -0.39 is 0 Å². The summed E-state index contributed by atoms with van der Waals surface area (Å²) in [4.78, 5) is 0. The maximum Gasteiger partial charge on any atom is 0.0647 e. The lowest BCUT2D eigenvalue weighted by Crippen LogP contribution is -2.36. The predicted octanol–water partition coefficient (Wildman–Crippen LogP) is 2.68. The Kier molecular flexibility index (Phi) is 4.16. The van der Waals surface area contributed by atoms with Crippen LogP contribution < -0.4 is 0 Å². The summed E-state index contributed by atoms with van der Waals surface area (Å²) in [5, 5.41) is 0. The van der Waals surface area contributed by atoms with E-state index in [0.717, 1.165) is 19.0 Å². The fraction of sp³-hybridized carbons (Fsp3) is 0.800. The van der Waals surface area contributed by atoms with Crippen LogP contribution in [0.2, 0.25) is 0 Å². The molecule has 0 bridgehead atoms. The third kappa shape index (κ3) is 2.53. The van der Waals surface area contributed by atoms with Gasteiger partial charge in [-0.1, -0.05) is 18.6 Å². The summed E-state index contributed by atoms with van der Waals surface area (Å²) in [5.41, 5.74) is 0.421. The molecule has 0 aromatic heterocycles. The van der Waals surface area contributed by atoms with E-state index in [-0.39, 0.29) is 0 Å². The molecule has 70 valence electrons. The first-order valence-corrected chi connectivity index (χ1v) is 5.26. The molecule has 0 aromatic rings. The fourth-order valence-corrected chi connectivity index (χ4v) is 1.87. The topological polar surface area (TPSA) is 9.23 Å². The molecule has 0 aromatic carbocycles. The van der Waals surface area contributed by atoms with Gasteiger partial charge >= 0.3 is 0 Å². The van der Waals surface area contributed by atoms with Crippen LogP contribution in [0.15, 0.2) is 12.2 Å². The van der Waals surface area contributed by atoms with Gasteiger partial charge < -0.3 is 4.74 Å². The molecule has 1 saturated carbocycles. The second kappa shape index (κ2) is 4.93. The Labute approximate surface area is 80.6 Å². The lowest BCUT2D eigenvalue weighted by atomic mass is 9.71. The summed E-state index contributed by atoms with van der Waals surface area (Å²) in [5.74, 6) is 0.975. The third-order valence-electron chi connectivity index (χ3n) is 2.61. The quantitative estimate of drug-likeness (QED) is 0.394. The van der Waals surface area contributed by atoms with Crippen molar-refractivity contribution >= 4 is 12.6 Å². The third-order valence-corrected chi connectivity index (χ3v) is 3.28. The SMILES string of the molecule is CC=CCOCC1(CS)CCC1. The van der Waals surface area contributed by atoms with E-state index in [0.29, 0.717) is 5.41 Å². The molecule has 1 rings (SSSR count). The predicted molar refractivity (Wildman–Crippen MR) is 55.8 cm³/mol. The first-order valence-electron chi connectivity index (χ1n) is 4.63. The van der Waals surface area contributed by atoms with Crippen LogP contribution in [0.25, 0.3) is 0 Å². The molecule has 2 heteroatoms. The normalized spacial score (nSPS) is 21.2. The van der Waals surface area contributed by atoms with Gasteiger partial charge in [-0.05, 0) is 25.5 Å². The highest BCUT2D eigenvalue weighted by atomic mass is 32.1. The summed E-state index contributed by atoms with van der Waals surface area (Å²) < 4.78 is 5.54. The number of ether oxygens (including phenoxy) is 1. The number of hydrogen-bond acceptors (Lipinski definition) is 2. The number of allylic oxidation sites excluding steroid dienone is 1. The van der Waals surface area contributed by atoms with Crippen LogP contribution in [-0.2, 0) is 4.74 Å². The Bertz CT molecular complexity index is 144. The van der Waals surface area contributed by atoms with Crippen molar-refractivity contribution in [3.63, 3.8) is 0 Å². The minimum absolute atomic E-state index is 0.421. The van der Waals surface area contributed by atoms with Gasteiger partial charge in [0, 0.05) is 5.41 Å². The van der Waals surface area contributed by atoms with Gasteiger partial charge in [-0.25, -0.2) is 0 Å². The average Bonchev–Trinajstić information content (AvgIpc) is 2.02. The molecule has 1 nitrogen and oxygen atoms in total. The zero-order valence-electron chi connectivity index (χ0n) is 7.75. The molecule has 0 N–H and O–H groups in total. The monoisotopic (exact) mass is 186 g/mol. The zero-order valence-corrected chi connectivity index (χ0v) is 8.65. The summed E-state index contributed by atoms with van der Waals surface area (Å²) in [6.45, 7) is 3.66. The molecule has 0 unspecified atom stereocenters. The van der Waals surface area contributed by atoms with E-state index in [9.17, 15) is 0 Å². The maximum atomic E-state index is 5.54. The van der Waals surface area contributed by atoms with Crippen molar-refractivity contribution in [2.45, 2.75) is 26.2 Å². The second-order valence-electron chi connectivity index (χ2n) is 3.60. The van der Waals surface area contributed by atoms with Gasteiger partial charge in [0.05, 0.1) is 13.2 Å². The largest absolute Gasteiger partial charge is 0.377 e. The number of rotatable bonds is 5. The Balaban J connectivity index is 2.12. The fourth-order valence-electron chi connectivity index (χ4n) is 1.46. The van der Waals surface area contributed by atoms with Crippen LogP contribution in [0.4, 0.5) is 0 Å². The van der Waals surface area contributed by atoms with Crippen molar-refractivity contribution in [1.82, 2.24) is 0 Å². The molecule has 0 saturated heterocycles. The molecule has 0 heterocycles. The van der Waals surface area contributed by atoms with Crippen LogP contribution in [0.5, 0.6) is 0 Å². The van der Waals surface area contributed by atoms with Gasteiger partial charge in [0.2, 0.25) is 0 Å². The molecule has 0 spiro atoms. The van der Waals surface area contributed by atoms with Crippen LogP contribution >= 0.6 is 12.6 Å². The average molecular weight is 186 g/mol. The maximum absolute atomic E-state index is 5.54. The molecular formula is C10H18OS. The second-order valence-corrected chi connectivity index (χ2v) is 3.91. The van der Waals surface area contributed by atoms with Gasteiger partial charge in [0.1, 0.15) is 0 Å². The summed E-state index contributed by atoms with van der Waals surface area (Å²) >= 11 is 4.36. The van der Waals surface area contributed by atoms with E-state index in [1.165, 1.54) is 19.3 Å². The minimum atomic E-state index is 0.421. The van der Waals surface area contributed by atoms with Gasteiger partial charge in [0.15, 0.2) is 0 Å². The van der Waals surface area contributed by atoms with Crippen molar-refractivity contribution in [2.24, 2.45) is 5.41 Å². The lowest BCUT2D eigenvalue weighted by Gasteiger charge is -2.40. The van der Waals surface area contributed by atoms with Gasteiger partial charge in [0.25, 0.3) is 0 Å². The highest BCUT2D eigenvalue weighted by Crippen LogP contribution is 2.41. The van der Waals surface area contributed by atoms with E-state index >= 15 is 0 Å². The van der Waals surface area contributed by atoms with Crippen LogP contribution in [0.1, 0.15) is 26.2 Å². The van der Waals surface area contributed by atoms with E-state index in [4.69, 9.17) is 4.74 Å². The van der Waals surface area contributed by atoms with Gasteiger partial charge in [-0.3, -0.25) is 0 Å². The first kappa shape index (κ1) is 10.1. The summed E-state index contributed by atoms with van der Waals surface area (Å²) in [6.07, 6.45) is 8.02. The van der Waals surface area contributed by atoms with E-state index in [2.05, 4.69) is 12.6 Å². The molecule has 12 heavy (non-hydrogen) atoms. The minimum Gasteiger partial charge on any atom is -0.377 e. The van der Waals surface area contributed by atoms with Crippen molar-refractivity contribution in [3.05, 3.63) is 12.2 Å². The lowest BCUT2D eigenvalue weighted by molar-refractivity contribution is 0.0222. The van der Waals surface area contributed by atoms with E-state index in [1.807, 2.05) is 19.1 Å². The molecule has 0 radical (unpaired) electrons. The summed E-state index contributed by atoms with van der Waals surface area (Å²) in [6, 6.07) is 0. The Morgan fingerprint density at radius 1 is 1.50 bits per heavy atom. The van der Waals surface area contributed by atoms with Gasteiger partial charge in [-0.2, -0.15) is 12.6 Å². The molecule has 1 fully saturated rings. The molecule has 1 aliphatic rings. The van der Waals surface area contributed by atoms with Crippen LogP contribution in [0.3, 0.4) is 0 Å². The van der Waals surface area contributed by atoms with Crippen molar-refractivity contribution in [1.29, 1.82) is 0 Å². The van der Waals surface area contributed by atoms with Crippen LogP contribution in [-0.4, -0.2) is 19.0 Å². The highest BCUT2D eigenvalue weighted by molar-refractivity contribution is 7.80. The van der Waals surface area contributed by atoms with Crippen molar-refractivity contribution in [2.75, 3.05) is 19.0 Å². The van der Waals surface area contributed by atoms with Crippen LogP contribution in [0, 0.1) is 5.41 Å². The molecular weight excluding hydrogens is 168 g/mol. The van der Waals surface area contributed by atoms with Gasteiger partial charge in [-0.15, -0.1) is 0 Å². The Morgan fingerprint density at radius 3 is 2.67 bits per heavy atom. The highest BCUT2D eigenvalue weighted by Gasteiger charge is 2.35. The molecule has 1 aliphatic carbocycles. The first-order chi connectivity index (χ1) is 5.83. The zero-order chi connectivity index (χ0) is 8.86. The molecule has 0 amide bonds. The summed E-state index contributed by atoms with van der Waals surface area (Å²) in [7, 11) is 0. The van der Waals surface area contributed by atoms with E-state index in [1.54, 1.807) is 0 Å². The smallest absolute Gasteiger partial charge is 0.0647 e. The number of hydrogen-bond donors (Lipinski definition) is 1. The molecule has 0 atom stereocenters. The van der Waals surface area contributed by atoms with Crippen molar-refractivity contribution < 1.29 is 4.74 Å². The van der Waals surface area contributed by atoms with Crippen molar-refractivity contribution in [3.8, 4) is 0 Å².